The van der Waals surface area contributed by atoms with Gasteiger partial charge in [0.25, 0.3) is 0 Å². The molecule has 0 bridgehead atoms. The molecule has 0 aromatic heterocycles. The Morgan fingerprint density at radius 1 is 1.27 bits per heavy atom. The number of aliphatic hydroxyl groups excluding tert-OH is 1. The van der Waals surface area contributed by atoms with Gasteiger partial charge >= 0.3 is 5.97 Å². The van der Waals surface area contributed by atoms with Gasteiger partial charge in [-0.05, 0) is 67.3 Å². The van der Waals surface area contributed by atoms with Crippen LogP contribution in [0.5, 0.6) is 0 Å². The van der Waals surface area contributed by atoms with E-state index in [0.29, 0.717) is 25.7 Å². The van der Waals surface area contributed by atoms with Crippen LogP contribution in [-0.2, 0) is 19.1 Å². The standard InChI is InChI=1S/C24H34O6/c1-13-9-16-17-6-8-24(29,20(28)12-30-14(2)25)23(17,4)11-19(27)21(16)22(3)7-5-15(26)10-18(13)22/h10,13,16-17,19,21,27,29H,5-9,11-12H2,1-4H3/t13-,16-,17-,19-,21?,22-,23-,24-/m0/s1. The molecule has 6 heteroatoms. The van der Waals surface area contributed by atoms with Crippen molar-refractivity contribution in [2.45, 2.75) is 77.9 Å². The minimum absolute atomic E-state index is 0.0250. The second-order valence-electron chi connectivity index (χ2n) is 10.7. The summed E-state index contributed by atoms with van der Waals surface area (Å²) in [4.78, 5) is 36.2. The molecule has 0 aromatic rings. The van der Waals surface area contributed by atoms with Gasteiger partial charge in [0.05, 0.1) is 6.10 Å². The summed E-state index contributed by atoms with van der Waals surface area (Å²) in [6.07, 6.45) is 4.66. The number of fused-ring (bicyclic) bond motifs is 5. The Bertz CT molecular complexity index is 817. The molecule has 3 saturated carbocycles. The number of ether oxygens (including phenoxy) is 1. The average Bonchev–Trinajstić information content (AvgIpc) is 2.93. The van der Waals surface area contributed by atoms with Crippen molar-refractivity contribution >= 4 is 17.5 Å². The second-order valence-corrected chi connectivity index (χ2v) is 10.7. The number of hydrogen-bond donors (Lipinski definition) is 2. The summed E-state index contributed by atoms with van der Waals surface area (Å²) in [5.74, 6) is -0.287. The molecule has 2 N–H and O–H groups in total. The molecule has 0 radical (unpaired) electrons. The first-order chi connectivity index (χ1) is 13.9. The van der Waals surface area contributed by atoms with Gasteiger partial charge in [-0.2, -0.15) is 0 Å². The molecule has 3 fully saturated rings. The van der Waals surface area contributed by atoms with Gasteiger partial charge in [0.1, 0.15) is 5.60 Å². The number of carbonyl (C=O) groups is 3. The maximum atomic E-state index is 12.9. The molecule has 4 aliphatic rings. The smallest absolute Gasteiger partial charge is 0.303 e. The molecule has 1 unspecified atom stereocenters. The number of hydrogen-bond acceptors (Lipinski definition) is 6. The monoisotopic (exact) mass is 418 g/mol. The predicted molar refractivity (Wildman–Crippen MR) is 109 cm³/mol. The summed E-state index contributed by atoms with van der Waals surface area (Å²) >= 11 is 0. The third-order valence-electron chi connectivity index (χ3n) is 9.23. The van der Waals surface area contributed by atoms with Gasteiger partial charge in [0.15, 0.2) is 12.4 Å². The number of aliphatic hydroxyl groups is 2. The Morgan fingerprint density at radius 3 is 2.63 bits per heavy atom. The molecule has 0 amide bonds. The minimum Gasteiger partial charge on any atom is -0.458 e. The zero-order chi connectivity index (χ0) is 22.1. The van der Waals surface area contributed by atoms with Gasteiger partial charge in [0.2, 0.25) is 5.78 Å². The molecule has 166 valence electrons. The van der Waals surface area contributed by atoms with Crippen molar-refractivity contribution in [2.24, 2.45) is 34.5 Å². The Morgan fingerprint density at radius 2 is 1.97 bits per heavy atom. The highest BCUT2D eigenvalue weighted by atomic mass is 16.5. The number of esters is 1. The molecule has 30 heavy (non-hydrogen) atoms. The first-order valence-electron chi connectivity index (χ1n) is 11.3. The number of rotatable bonds is 3. The number of ketones is 2. The minimum atomic E-state index is -1.60. The molecule has 0 aromatic carbocycles. The lowest BCUT2D eigenvalue weighted by atomic mass is 9.44. The van der Waals surface area contributed by atoms with E-state index in [1.165, 1.54) is 12.5 Å². The molecule has 6 nitrogen and oxygen atoms in total. The van der Waals surface area contributed by atoms with E-state index in [1.54, 1.807) is 0 Å². The summed E-state index contributed by atoms with van der Waals surface area (Å²) in [5, 5.41) is 22.9. The Kier molecular flexibility index (Phi) is 5.06. The van der Waals surface area contributed by atoms with Crippen LogP contribution in [0.4, 0.5) is 0 Å². The lowest BCUT2D eigenvalue weighted by Gasteiger charge is -2.61. The van der Waals surface area contributed by atoms with E-state index >= 15 is 0 Å². The third-order valence-corrected chi connectivity index (χ3v) is 9.23. The molecule has 0 heterocycles. The normalized spacial score (nSPS) is 47.6. The number of carbonyl (C=O) groups excluding carboxylic acids is 3. The van der Waals surface area contributed by atoms with E-state index < -0.39 is 35.5 Å². The third kappa shape index (κ3) is 2.86. The molecular formula is C24H34O6. The molecule has 4 aliphatic carbocycles. The molecular weight excluding hydrogens is 384 g/mol. The largest absolute Gasteiger partial charge is 0.458 e. The van der Waals surface area contributed by atoms with Gasteiger partial charge in [-0.25, -0.2) is 0 Å². The van der Waals surface area contributed by atoms with Crippen LogP contribution in [0.1, 0.15) is 66.2 Å². The van der Waals surface area contributed by atoms with Crippen molar-refractivity contribution in [3.05, 3.63) is 11.6 Å². The van der Waals surface area contributed by atoms with Crippen molar-refractivity contribution in [3.8, 4) is 0 Å². The first-order valence-corrected chi connectivity index (χ1v) is 11.3. The summed E-state index contributed by atoms with van der Waals surface area (Å²) in [7, 11) is 0. The second kappa shape index (κ2) is 6.99. The maximum Gasteiger partial charge on any atom is 0.303 e. The van der Waals surface area contributed by atoms with Gasteiger partial charge in [0, 0.05) is 18.8 Å². The highest BCUT2D eigenvalue weighted by Gasteiger charge is 2.68. The highest BCUT2D eigenvalue weighted by Crippen LogP contribution is 2.68. The summed E-state index contributed by atoms with van der Waals surface area (Å²) in [6, 6.07) is 0. The SMILES string of the molecule is CC(=O)OCC(=O)[C@@]1(O)CC[C@H]2[C@@H]3C[C@H](C)C4=CC(=O)CC[C@]4(C)C3[C@@H](O)C[C@@]21C. The van der Waals surface area contributed by atoms with Crippen molar-refractivity contribution < 1.29 is 29.3 Å². The number of Topliss-reactive ketones (excluding diaryl/α,β-unsaturated/α-hetero) is 1. The van der Waals surface area contributed by atoms with Crippen LogP contribution in [0.2, 0.25) is 0 Å². The quantitative estimate of drug-likeness (QED) is 0.683. The lowest BCUT2D eigenvalue weighted by molar-refractivity contribution is -0.186. The fourth-order valence-corrected chi connectivity index (χ4v) is 7.87. The van der Waals surface area contributed by atoms with E-state index in [1.807, 2.05) is 13.0 Å². The zero-order valence-corrected chi connectivity index (χ0v) is 18.4. The topological polar surface area (TPSA) is 101 Å². The maximum absolute atomic E-state index is 12.9. The summed E-state index contributed by atoms with van der Waals surface area (Å²) in [6.45, 7) is 7.09. The Hall–Kier alpha value is -1.53. The van der Waals surface area contributed by atoms with Gasteiger partial charge < -0.3 is 14.9 Å². The molecule has 8 atom stereocenters. The molecule has 4 rings (SSSR count). The van der Waals surface area contributed by atoms with Crippen molar-refractivity contribution in [1.82, 2.24) is 0 Å². The zero-order valence-electron chi connectivity index (χ0n) is 18.4. The summed E-state index contributed by atoms with van der Waals surface area (Å²) in [5.41, 5.74) is -1.41. The molecule has 0 saturated heterocycles. The van der Waals surface area contributed by atoms with Crippen LogP contribution in [0.15, 0.2) is 11.6 Å². The van der Waals surface area contributed by atoms with Crippen molar-refractivity contribution in [2.75, 3.05) is 6.61 Å². The van der Waals surface area contributed by atoms with Crippen LogP contribution in [0.25, 0.3) is 0 Å². The van der Waals surface area contributed by atoms with Crippen molar-refractivity contribution in [1.29, 1.82) is 0 Å². The van der Waals surface area contributed by atoms with Crippen LogP contribution < -0.4 is 0 Å². The van der Waals surface area contributed by atoms with Gasteiger partial charge in [-0.15, -0.1) is 0 Å². The summed E-state index contributed by atoms with van der Waals surface area (Å²) < 4.78 is 4.90. The fraction of sp³-hybridized carbons (Fsp3) is 0.792. The van der Waals surface area contributed by atoms with E-state index in [4.69, 9.17) is 4.74 Å². The fourth-order valence-electron chi connectivity index (χ4n) is 7.87. The van der Waals surface area contributed by atoms with Crippen LogP contribution in [0.3, 0.4) is 0 Å². The highest BCUT2D eigenvalue weighted by molar-refractivity contribution is 5.92. The van der Waals surface area contributed by atoms with Crippen LogP contribution >= 0.6 is 0 Å². The van der Waals surface area contributed by atoms with E-state index in [9.17, 15) is 24.6 Å². The van der Waals surface area contributed by atoms with E-state index in [0.717, 1.165) is 12.8 Å². The Labute approximate surface area is 178 Å². The Balaban J connectivity index is 1.69. The number of allylic oxidation sites excluding steroid dienone is 1. The molecule has 0 aliphatic heterocycles. The predicted octanol–water partition coefficient (Wildman–Crippen LogP) is 2.60. The van der Waals surface area contributed by atoms with Crippen LogP contribution in [-0.4, -0.2) is 46.1 Å². The molecule has 0 spiro atoms. The lowest BCUT2D eigenvalue weighted by Crippen LogP contribution is -2.62. The average molecular weight is 419 g/mol. The van der Waals surface area contributed by atoms with Crippen molar-refractivity contribution in [3.63, 3.8) is 0 Å². The van der Waals surface area contributed by atoms with Crippen LogP contribution in [0, 0.1) is 34.5 Å². The first kappa shape index (κ1) is 21.7. The van der Waals surface area contributed by atoms with E-state index in [-0.39, 0.29) is 34.9 Å². The van der Waals surface area contributed by atoms with Gasteiger partial charge in [-0.3, -0.25) is 14.4 Å². The van der Waals surface area contributed by atoms with Gasteiger partial charge in [-0.1, -0.05) is 26.3 Å². The van der Waals surface area contributed by atoms with E-state index in [2.05, 4.69) is 13.8 Å².